The van der Waals surface area contributed by atoms with E-state index in [-0.39, 0.29) is 23.2 Å². The molecule has 0 fully saturated rings. The lowest BCUT2D eigenvalue weighted by atomic mass is 10.1. The Balaban J connectivity index is 0.000000235. The highest BCUT2D eigenvalue weighted by Crippen LogP contribution is 2.36. The quantitative estimate of drug-likeness (QED) is 0.0487. The third kappa shape index (κ3) is 16.0. The molecule has 8 aromatic rings. The molecule has 4 heterocycles. The number of aromatic amines is 2. The second-order valence-electron chi connectivity index (χ2n) is 18.5. The summed E-state index contributed by atoms with van der Waals surface area (Å²) in [5.41, 5.74) is 6.84. The van der Waals surface area contributed by atoms with Gasteiger partial charge in [-0.3, -0.25) is 14.1 Å². The number of likely N-dealkylation sites (N-methyl/N-ethyl adjacent to an activating group) is 4. The number of nitrogens with one attached hydrogen (secondary N) is 4. The minimum atomic E-state index is -3.67. The Labute approximate surface area is 457 Å². The van der Waals surface area contributed by atoms with Crippen LogP contribution in [0.3, 0.4) is 0 Å². The first-order chi connectivity index (χ1) is 37.6. The summed E-state index contributed by atoms with van der Waals surface area (Å²) >= 11 is 0. The number of hydrogen-bond acceptors (Lipinski definition) is 16. The molecule has 0 atom stereocenters. The van der Waals surface area contributed by atoms with Gasteiger partial charge in [-0.25, -0.2) is 38.7 Å². The second-order valence-corrected chi connectivity index (χ2v) is 20.0. The minimum Gasteiger partial charge on any atom is -0.496 e. The van der Waals surface area contributed by atoms with Gasteiger partial charge in [-0.2, -0.15) is 8.42 Å². The number of benzene rings is 4. The molecule has 0 unspecified atom stereocenters. The van der Waals surface area contributed by atoms with Gasteiger partial charge in [0.25, 0.3) is 10.1 Å². The molecule has 0 aliphatic heterocycles. The summed E-state index contributed by atoms with van der Waals surface area (Å²) in [6.45, 7) is 10.3. The van der Waals surface area contributed by atoms with Crippen molar-refractivity contribution < 1.29 is 32.0 Å². The summed E-state index contributed by atoms with van der Waals surface area (Å²) in [6.07, 6.45) is 7.09. The smallest absolute Gasteiger partial charge is 0.332 e. The second kappa shape index (κ2) is 26.9. The molecule has 0 spiro atoms. The molecule has 4 aromatic heterocycles. The summed E-state index contributed by atoms with van der Waals surface area (Å²) in [5.74, 6) is 2.59. The first-order valence-electron chi connectivity index (χ1n) is 24.6. The zero-order chi connectivity index (χ0) is 57.6. The van der Waals surface area contributed by atoms with Crippen LogP contribution in [0.15, 0.2) is 132 Å². The molecule has 416 valence electrons. The van der Waals surface area contributed by atoms with Crippen LogP contribution in [0.25, 0.3) is 33.7 Å². The molecule has 2 amide bonds. The molecule has 23 nitrogen and oxygen atoms in total. The fourth-order valence-electron chi connectivity index (χ4n) is 8.13. The number of anilines is 4. The van der Waals surface area contributed by atoms with Gasteiger partial charge >= 0.3 is 11.4 Å². The van der Waals surface area contributed by atoms with Crippen LogP contribution in [0.5, 0.6) is 11.5 Å². The largest absolute Gasteiger partial charge is 0.496 e. The van der Waals surface area contributed by atoms with Crippen molar-refractivity contribution in [2.75, 3.05) is 109 Å². The van der Waals surface area contributed by atoms with Crippen molar-refractivity contribution in [1.82, 2.24) is 48.8 Å². The maximum absolute atomic E-state index is 12.7. The predicted octanol–water partition coefficient (Wildman–Crippen LogP) is 5.17. The van der Waals surface area contributed by atoms with E-state index < -0.39 is 10.1 Å². The number of para-hydroxylation sites is 4. The summed E-state index contributed by atoms with van der Waals surface area (Å²) in [7, 11) is 11.5. The molecule has 5 N–H and O–H groups in total. The summed E-state index contributed by atoms with van der Waals surface area (Å²) in [6, 6.07) is 25.8. The van der Waals surface area contributed by atoms with Crippen LogP contribution in [0, 0.1) is 0 Å². The first-order valence-corrected chi connectivity index (χ1v) is 26.4. The molecule has 0 saturated heterocycles. The number of carbonyl (C=O) groups excluding carboxylic acids is 2. The number of methoxy groups -OCH3 is 2. The Morgan fingerprint density at radius 1 is 0.633 bits per heavy atom. The van der Waals surface area contributed by atoms with Crippen molar-refractivity contribution in [1.29, 1.82) is 0 Å². The van der Waals surface area contributed by atoms with Gasteiger partial charge in [0.1, 0.15) is 34.8 Å². The molecule has 79 heavy (non-hydrogen) atoms. The normalized spacial score (nSPS) is 11.1. The van der Waals surface area contributed by atoms with Crippen molar-refractivity contribution in [3.8, 4) is 23.1 Å². The number of fused-ring (bicyclic) bond motifs is 2. The Morgan fingerprint density at radius 2 is 1.00 bits per heavy atom. The number of H-pyrrole nitrogens is 2. The molecule has 0 bridgehead atoms. The topological polar surface area (TPSA) is 271 Å². The molecule has 0 saturated carbocycles. The van der Waals surface area contributed by atoms with E-state index in [9.17, 15) is 27.6 Å². The van der Waals surface area contributed by atoms with E-state index in [1.54, 1.807) is 38.7 Å². The van der Waals surface area contributed by atoms with Gasteiger partial charge in [0.05, 0.1) is 65.3 Å². The van der Waals surface area contributed by atoms with Crippen LogP contribution in [0.1, 0.15) is 22.8 Å². The van der Waals surface area contributed by atoms with E-state index in [1.807, 2.05) is 115 Å². The van der Waals surface area contributed by atoms with Gasteiger partial charge < -0.3 is 49.7 Å². The third-order valence-electron chi connectivity index (χ3n) is 12.0. The number of imidazole rings is 2. The standard InChI is InChI=1S/2C27H31N7O3.CH4O3S/c2*1-6-26(35)29-20-15-18(23(37-5)17-22(20)33(4)14-13-32(2)3)16-24-28-12-11-25(31-24)34-21-10-8-7-9-19(21)30-27(34)36;1-5(2,3)4/h2*6-12,15,17H,1,13-14,16H2,2-5H3,(H,29,35)(H,30,36);1H3,(H,2,3,4). The maximum Gasteiger partial charge on any atom is 0.332 e. The van der Waals surface area contributed by atoms with Gasteiger partial charge in [-0.15, -0.1) is 0 Å². The predicted molar refractivity (Wildman–Crippen MR) is 309 cm³/mol. The van der Waals surface area contributed by atoms with Crippen LogP contribution < -0.4 is 41.3 Å². The molecule has 0 aliphatic carbocycles. The number of ether oxygens (including phenoxy) is 2. The van der Waals surface area contributed by atoms with Gasteiger partial charge in [-0.1, -0.05) is 37.4 Å². The highest BCUT2D eigenvalue weighted by Gasteiger charge is 2.20. The van der Waals surface area contributed by atoms with Crippen LogP contribution in [-0.4, -0.2) is 163 Å². The molecular formula is C55H66N14O9S. The van der Waals surface area contributed by atoms with Gasteiger partial charge in [0, 0.05) is 88.8 Å². The van der Waals surface area contributed by atoms with Crippen molar-refractivity contribution >= 4 is 66.7 Å². The average Bonchev–Trinajstić information content (AvgIpc) is 4.05. The Morgan fingerprint density at radius 3 is 1.34 bits per heavy atom. The van der Waals surface area contributed by atoms with E-state index in [4.69, 9.17) is 14.0 Å². The molecule has 0 aliphatic rings. The highest BCUT2D eigenvalue weighted by molar-refractivity contribution is 7.85. The van der Waals surface area contributed by atoms with Gasteiger partial charge in [0.2, 0.25) is 11.8 Å². The van der Waals surface area contributed by atoms with Crippen molar-refractivity contribution in [2.24, 2.45) is 0 Å². The lowest BCUT2D eigenvalue weighted by molar-refractivity contribution is -0.112. The number of hydrogen-bond donors (Lipinski definition) is 5. The molecule has 0 radical (unpaired) electrons. The summed E-state index contributed by atoms with van der Waals surface area (Å²) < 4.78 is 40.3. The maximum atomic E-state index is 12.7. The zero-order valence-corrected chi connectivity index (χ0v) is 46.5. The third-order valence-corrected chi connectivity index (χ3v) is 12.0. The van der Waals surface area contributed by atoms with E-state index in [0.717, 1.165) is 70.7 Å². The number of amides is 2. The van der Waals surface area contributed by atoms with Crippen LogP contribution in [-0.2, 0) is 32.5 Å². The van der Waals surface area contributed by atoms with Crippen LogP contribution >= 0.6 is 0 Å². The lowest BCUT2D eigenvalue weighted by Gasteiger charge is -2.25. The number of rotatable bonds is 20. The molecule has 8 rings (SSSR count). The highest BCUT2D eigenvalue weighted by atomic mass is 32.2. The molecular weight excluding hydrogens is 1030 g/mol. The average molecular weight is 1100 g/mol. The van der Waals surface area contributed by atoms with E-state index in [2.05, 4.69) is 73.3 Å². The summed E-state index contributed by atoms with van der Waals surface area (Å²) in [4.78, 5) is 81.9. The SMILES string of the molecule is C=CC(=O)Nc1cc(Cc2nccc(-n3c(=O)[nH]c4ccccc43)n2)c(OC)cc1N(C)CCN(C)C.C=CC(=O)Nc1cc(Cc2nccc(-n3c(=O)[nH]c4ccccc43)n2)c(OC)cc1N(C)CCN(C)C.CS(=O)(=O)O. The number of nitrogens with zero attached hydrogens (tertiary/aromatic N) is 10. The van der Waals surface area contributed by atoms with Crippen molar-refractivity contribution in [3.05, 3.63) is 166 Å². The van der Waals surface area contributed by atoms with Crippen molar-refractivity contribution in [2.45, 2.75) is 12.8 Å². The van der Waals surface area contributed by atoms with Crippen LogP contribution in [0.2, 0.25) is 0 Å². The van der Waals surface area contributed by atoms with E-state index >= 15 is 0 Å². The lowest BCUT2D eigenvalue weighted by Crippen LogP contribution is -2.29. The van der Waals surface area contributed by atoms with E-state index in [0.29, 0.717) is 65.3 Å². The Bertz CT molecular complexity index is 3470. The van der Waals surface area contributed by atoms with Gasteiger partial charge in [0.15, 0.2) is 0 Å². The monoisotopic (exact) mass is 1100 g/mol. The molecule has 4 aromatic carbocycles. The van der Waals surface area contributed by atoms with Crippen LogP contribution in [0.4, 0.5) is 22.7 Å². The minimum absolute atomic E-state index is 0.275. The van der Waals surface area contributed by atoms with E-state index in [1.165, 1.54) is 21.3 Å². The van der Waals surface area contributed by atoms with Gasteiger partial charge in [-0.05, 0) is 88.9 Å². The first kappa shape index (κ1) is 59.3. The fraction of sp³-hybridized carbons (Fsp3) is 0.273. The Kier molecular flexibility index (Phi) is 20.2. The zero-order valence-electron chi connectivity index (χ0n) is 45.6. The Hall–Kier alpha value is -8.97. The van der Waals surface area contributed by atoms with Crippen molar-refractivity contribution in [3.63, 3.8) is 0 Å². The number of carbonyl (C=O) groups is 2. The fourth-order valence-corrected chi connectivity index (χ4v) is 8.13. The number of aromatic nitrogens is 8. The molecule has 24 heteroatoms. The summed E-state index contributed by atoms with van der Waals surface area (Å²) in [5, 5.41) is 5.82.